The minimum atomic E-state index is -4.24. The number of benzene rings is 3. The maximum Gasteiger partial charge on any atom is 0.338 e. The number of carbonyl (C=O) groups is 1. The number of esters is 1. The van der Waals surface area contributed by atoms with Crippen molar-refractivity contribution in [2.45, 2.75) is 17.7 Å². The molecule has 1 aromatic heterocycles. The fraction of sp³-hybridized carbons (Fsp3) is 0.103. The van der Waals surface area contributed by atoms with Gasteiger partial charge in [-0.3, -0.25) is 9.36 Å². The summed E-state index contributed by atoms with van der Waals surface area (Å²) < 4.78 is 35.3. The van der Waals surface area contributed by atoms with Gasteiger partial charge in [0.05, 0.1) is 27.5 Å². The number of allylic oxidation sites excluding steroid dienone is 1. The molecule has 9 heteroatoms. The first-order valence-electron chi connectivity index (χ1n) is 11.9. The van der Waals surface area contributed by atoms with Crippen LogP contribution in [0.1, 0.15) is 24.0 Å². The predicted molar refractivity (Wildman–Crippen MR) is 148 cm³/mol. The van der Waals surface area contributed by atoms with E-state index in [0.29, 0.717) is 10.1 Å². The highest BCUT2D eigenvalue weighted by Gasteiger charge is 2.42. The van der Waals surface area contributed by atoms with E-state index >= 15 is 0 Å². The van der Waals surface area contributed by atoms with Crippen LogP contribution in [-0.4, -0.2) is 25.6 Å². The summed E-state index contributed by atoms with van der Waals surface area (Å²) in [6.45, 7) is 1.74. The summed E-state index contributed by atoms with van der Waals surface area (Å²) in [7, 11) is -4.24. The summed E-state index contributed by atoms with van der Waals surface area (Å²) in [5.74, 6) is -2.03. The molecule has 0 amide bonds. The number of thiazole rings is 1. The van der Waals surface area contributed by atoms with Crippen LogP contribution in [0.2, 0.25) is 0 Å². The largest absolute Gasteiger partial charge is 0.463 e. The highest BCUT2D eigenvalue weighted by Crippen LogP contribution is 2.42. The molecule has 1 aliphatic rings. The molecule has 2 N–H and O–H groups in total. The van der Waals surface area contributed by atoms with Crippen LogP contribution in [0.25, 0.3) is 17.5 Å². The van der Waals surface area contributed by atoms with Gasteiger partial charge < -0.3 is 10.5 Å². The van der Waals surface area contributed by atoms with Crippen LogP contribution in [0.4, 0.5) is 0 Å². The Morgan fingerprint density at radius 3 is 2.16 bits per heavy atom. The quantitative estimate of drug-likeness (QED) is 0.374. The van der Waals surface area contributed by atoms with E-state index in [9.17, 15) is 18.0 Å². The molecule has 0 bridgehead atoms. The minimum Gasteiger partial charge on any atom is -0.463 e. The molecule has 1 aliphatic heterocycles. The molecule has 0 saturated carbocycles. The number of sulfone groups is 1. The number of aromatic nitrogens is 1. The first-order chi connectivity index (χ1) is 18.3. The molecule has 2 heterocycles. The van der Waals surface area contributed by atoms with Crippen LogP contribution in [0.5, 0.6) is 0 Å². The Balaban J connectivity index is 1.93. The van der Waals surface area contributed by atoms with Gasteiger partial charge in [0.1, 0.15) is 15.4 Å². The molecule has 0 aliphatic carbocycles. The first kappa shape index (κ1) is 25.4. The Labute approximate surface area is 223 Å². The summed E-state index contributed by atoms with van der Waals surface area (Å²) >= 11 is 1.08. The Kier molecular flexibility index (Phi) is 6.88. The van der Waals surface area contributed by atoms with E-state index in [0.717, 1.165) is 21.5 Å². The lowest BCUT2D eigenvalue weighted by atomic mass is 9.89. The zero-order chi connectivity index (χ0) is 26.9. The number of fused-ring (bicyclic) bond motifs is 1. The molecule has 3 aromatic carbocycles. The normalized spacial score (nSPS) is 15.9. The fourth-order valence-electron chi connectivity index (χ4n) is 4.49. The number of carbonyl (C=O) groups excluding carboxylic acids is 1. The Bertz CT molecular complexity index is 1820. The van der Waals surface area contributed by atoms with Crippen molar-refractivity contribution < 1.29 is 17.9 Å². The lowest BCUT2D eigenvalue weighted by Gasteiger charge is -2.28. The van der Waals surface area contributed by atoms with Crippen LogP contribution >= 0.6 is 11.3 Å². The second-order valence-corrected chi connectivity index (χ2v) is 11.5. The van der Waals surface area contributed by atoms with Gasteiger partial charge >= 0.3 is 5.97 Å². The smallest absolute Gasteiger partial charge is 0.338 e. The van der Waals surface area contributed by atoms with E-state index in [4.69, 9.17) is 10.5 Å². The molecular formula is C29H24N2O5S2. The number of nitrogens with zero attached hydrogens (tertiary/aromatic N) is 1. The molecule has 0 spiro atoms. The van der Waals surface area contributed by atoms with Gasteiger partial charge in [0.15, 0.2) is 0 Å². The number of nitrogens with two attached hydrogens (primary N) is 1. The van der Waals surface area contributed by atoms with Gasteiger partial charge in [0.2, 0.25) is 9.84 Å². The van der Waals surface area contributed by atoms with Gasteiger partial charge in [0.25, 0.3) is 5.56 Å². The zero-order valence-corrected chi connectivity index (χ0v) is 22.0. The van der Waals surface area contributed by atoms with Crippen LogP contribution in [0, 0.1) is 0 Å². The number of ether oxygens (including phenoxy) is 1. The lowest BCUT2D eigenvalue weighted by molar-refractivity contribution is -0.136. The van der Waals surface area contributed by atoms with E-state index in [1.165, 1.54) is 12.1 Å². The molecule has 5 rings (SSSR count). The third-order valence-electron chi connectivity index (χ3n) is 6.17. The molecular weight excluding hydrogens is 520 g/mol. The zero-order valence-electron chi connectivity index (χ0n) is 20.4. The summed E-state index contributed by atoms with van der Waals surface area (Å²) in [4.78, 5) is 26.9. The van der Waals surface area contributed by atoms with Crippen molar-refractivity contribution in [3.05, 3.63) is 127 Å². The molecule has 0 fully saturated rings. The number of hydrogen-bond acceptors (Lipinski definition) is 7. The molecule has 0 saturated heterocycles. The summed E-state index contributed by atoms with van der Waals surface area (Å²) in [6.07, 6.45) is 1.69. The van der Waals surface area contributed by atoms with E-state index in [-0.39, 0.29) is 32.5 Å². The van der Waals surface area contributed by atoms with Crippen LogP contribution < -0.4 is 20.5 Å². The van der Waals surface area contributed by atoms with Crippen LogP contribution in [0.15, 0.2) is 106 Å². The number of hydrogen-bond donors (Lipinski definition) is 1. The Morgan fingerprint density at radius 1 is 0.974 bits per heavy atom. The maximum atomic E-state index is 14.1. The Hall–Kier alpha value is -4.21. The lowest BCUT2D eigenvalue weighted by Crippen LogP contribution is -2.41. The average Bonchev–Trinajstić information content (AvgIpc) is 3.25. The highest BCUT2D eigenvalue weighted by molar-refractivity contribution is 7.95. The molecule has 4 aromatic rings. The molecule has 38 heavy (non-hydrogen) atoms. The summed E-state index contributed by atoms with van der Waals surface area (Å²) in [5, 5.41) is 0. The second kappa shape index (κ2) is 10.3. The first-order valence-corrected chi connectivity index (χ1v) is 14.2. The van der Waals surface area contributed by atoms with Gasteiger partial charge in [-0.05, 0) is 36.3 Å². The van der Waals surface area contributed by atoms with Crippen molar-refractivity contribution in [3.63, 3.8) is 0 Å². The third kappa shape index (κ3) is 4.40. The molecule has 1 atom stereocenters. The predicted octanol–water partition coefficient (Wildman–Crippen LogP) is 2.81. The van der Waals surface area contributed by atoms with E-state index < -0.39 is 27.3 Å². The van der Waals surface area contributed by atoms with Crippen LogP contribution in [0.3, 0.4) is 0 Å². The van der Waals surface area contributed by atoms with Crippen molar-refractivity contribution in [1.82, 2.24) is 4.57 Å². The second-order valence-electron chi connectivity index (χ2n) is 8.51. The van der Waals surface area contributed by atoms with Gasteiger partial charge in [0, 0.05) is 0 Å². The minimum absolute atomic E-state index is 0.00453. The van der Waals surface area contributed by atoms with Gasteiger partial charge in [-0.2, -0.15) is 0 Å². The van der Waals surface area contributed by atoms with Crippen LogP contribution in [-0.2, 0) is 19.4 Å². The SMILES string of the molecule is CCOC(=O)C1=c2s/c(=C\c3ccccc3)c(=O)n2C(N)=C(S(=O)(=O)c2ccccc2)[C@@H]1c1ccccc1. The van der Waals surface area contributed by atoms with Crippen molar-refractivity contribution >= 4 is 44.6 Å². The van der Waals surface area contributed by atoms with Crippen molar-refractivity contribution in [2.75, 3.05) is 6.61 Å². The molecule has 0 radical (unpaired) electrons. The van der Waals surface area contributed by atoms with Crippen molar-refractivity contribution in [1.29, 1.82) is 0 Å². The molecule has 7 nitrogen and oxygen atoms in total. The van der Waals surface area contributed by atoms with Gasteiger partial charge in [-0.1, -0.05) is 78.9 Å². The fourth-order valence-corrected chi connectivity index (χ4v) is 7.36. The van der Waals surface area contributed by atoms with Crippen molar-refractivity contribution in [2.24, 2.45) is 5.73 Å². The average molecular weight is 545 g/mol. The maximum absolute atomic E-state index is 14.1. The summed E-state index contributed by atoms with van der Waals surface area (Å²) in [6, 6.07) is 25.8. The third-order valence-corrected chi connectivity index (χ3v) is 9.19. The van der Waals surface area contributed by atoms with Gasteiger partial charge in [-0.15, -0.1) is 11.3 Å². The summed E-state index contributed by atoms with van der Waals surface area (Å²) in [5.41, 5.74) is 7.43. The van der Waals surface area contributed by atoms with E-state index in [1.54, 1.807) is 61.5 Å². The van der Waals surface area contributed by atoms with Crippen molar-refractivity contribution in [3.8, 4) is 0 Å². The Morgan fingerprint density at radius 2 is 1.55 bits per heavy atom. The number of rotatable bonds is 6. The highest BCUT2D eigenvalue weighted by atomic mass is 32.2. The van der Waals surface area contributed by atoms with E-state index in [2.05, 4.69) is 0 Å². The standard InChI is InChI=1S/C29H24N2O5S2/c1-2-36-29(33)24-23(20-14-8-4-9-15-20)25(38(34,35)21-16-10-5-11-17-21)26(30)31-27(32)22(37-28(24)31)18-19-12-6-3-7-13-19/h3-18,23H,2,30H2,1H3/b22-18-/t23-/m1/s1. The topological polar surface area (TPSA) is 108 Å². The molecule has 192 valence electrons. The van der Waals surface area contributed by atoms with Gasteiger partial charge in [-0.25, -0.2) is 13.2 Å². The molecule has 0 unspecified atom stereocenters. The monoisotopic (exact) mass is 544 g/mol. The van der Waals surface area contributed by atoms with E-state index in [1.807, 2.05) is 30.3 Å².